The minimum Gasteiger partial charge on any atom is -0.423 e. The number of para-hydroxylation sites is 1. The summed E-state index contributed by atoms with van der Waals surface area (Å²) in [7, 11) is 0. The molecule has 1 aromatic heterocycles. The zero-order valence-corrected chi connectivity index (χ0v) is 10.3. The van der Waals surface area contributed by atoms with Crippen molar-refractivity contribution in [1.29, 1.82) is 0 Å². The molecule has 0 saturated carbocycles. The molecule has 20 heavy (non-hydrogen) atoms. The number of fused-ring (bicyclic) bond motifs is 1. The molecule has 0 aliphatic rings. The SMILES string of the molecule is O=[N+]([O-])c1cccc2oc(NC(CO)(CO)CO)nc12. The van der Waals surface area contributed by atoms with Crippen LogP contribution in [-0.4, -0.2) is 50.6 Å². The minimum atomic E-state index is -1.42. The number of rotatable bonds is 6. The van der Waals surface area contributed by atoms with Gasteiger partial charge in [-0.1, -0.05) is 6.07 Å². The highest BCUT2D eigenvalue weighted by Crippen LogP contribution is 2.28. The van der Waals surface area contributed by atoms with Crippen LogP contribution in [0.25, 0.3) is 11.1 Å². The number of benzene rings is 1. The van der Waals surface area contributed by atoms with E-state index >= 15 is 0 Å². The fourth-order valence-electron chi connectivity index (χ4n) is 1.63. The summed E-state index contributed by atoms with van der Waals surface area (Å²) in [6.07, 6.45) is 0. The van der Waals surface area contributed by atoms with E-state index in [4.69, 9.17) is 4.42 Å². The Morgan fingerprint density at radius 2 is 1.95 bits per heavy atom. The van der Waals surface area contributed by atoms with Crippen LogP contribution in [0.4, 0.5) is 11.7 Å². The van der Waals surface area contributed by atoms with Crippen molar-refractivity contribution in [2.75, 3.05) is 25.1 Å². The van der Waals surface area contributed by atoms with Crippen LogP contribution in [-0.2, 0) is 0 Å². The maximum absolute atomic E-state index is 10.9. The Morgan fingerprint density at radius 3 is 2.50 bits per heavy atom. The van der Waals surface area contributed by atoms with Crippen LogP contribution in [0.15, 0.2) is 22.6 Å². The van der Waals surface area contributed by atoms with Crippen LogP contribution in [0, 0.1) is 10.1 Å². The fourth-order valence-corrected chi connectivity index (χ4v) is 1.63. The van der Waals surface area contributed by atoms with E-state index in [0.717, 1.165) is 0 Å². The fraction of sp³-hybridized carbons (Fsp3) is 0.364. The average Bonchev–Trinajstić information content (AvgIpc) is 2.86. The molecular weight excluding hydrogens is 270 g/mol. The van der Waals surface area contributed by atoms with Gasteiger partial charge in [0.2, 0.25) is 0 Å². The number of hydrogen-bond acceptors (Lipinski definition) is 8. The third kappa shape index (κ3) is 2.41. The Hall–Kier alpha value is -2.23. The van der Waals surface area contributed by atoms with E-state index in [1.165, 1.54) is 18.2 Å². The molecule has 2 rings (SSSR count). The van der Waals surface area contributed by atoms with Gasteiger partial charge in [0.1, 0.15) is 5.54 Å². The van der Waals surface area contributed by atoms with Crippen LogP contribution in [0.5, 0.6) is 0 Å². The predicted octanol–water partition coefficient (Wildman–Crippen LogP) is -0.136. The summed E-state index contributed by atoms with van der Waals surface area (Å²) in [5.74, 6) is 0. The van der Waals surface area contributed by atoms with Crippen molar-refractivity contribution in [3.8, 4) is 0 Å². The standard InChI is InChI=1S/C11H13N3O6/c15-4-11(5-16,6-17)13-10-12-9-7(14(18)19)2-1-3-8(9)20-10/h1-3,15-17H,4-6H2,(H,12,13). The minimum absolute atomic E-state index is 0.0442. The summed E-state index contributed by atoms with van der Waals surface area (Å²) < 4.78 is 5.26. The van der Waals surface area contributed by atoms with Gasteiger partial charge in [0.05, 0.1) is 24.7 Å². The van der Waals surface area contributed by atoms with Crippen molar-refractivity contribution in [1.82, 2.24) is 4.98 Å². The number of oxazole rings is 1. The number of aromatic nitrogens is 1. The average molecular weight is 283 g/mol. The van der Waals surface area contributed by atoms with Crippen molar-refractivity contribution in [3.05, 3.63) is 28.3 Å². The van der Waals surface area contributed by atoms with E-state index in [2.05, 4.69) is 10.3 Å². The van der Waals surface area contributed by atoms with Crippen molar-refractivity contribution in [2.45, 2.75) is 5.54 Å². The van der Waals surface area contributed by atoms with Gasteiger partial charge in [0, 0.05) is 6.07 Å². The topological polar surface area (TPSA) is 142 Å². The number of nitro benzene ring substituents is 1. The van der Waals surface area contributed by atoms with E-state index in [1.54, 1.807) is 0 Å². The van der Waals surface area contributed by atoms with Crippen molar-refractivity contribution in [2.24, 2.45) is 0 Å². The Bertz CT molecular complexity index is 613. The number of anilines is 1. The molecule has 0 amide bonds. The molecule has 0 fully saturated rings. The van der Waals surface area contributed by atoms with E-state index in [9.17, 15) is 25.4 Å². The number of nitrogens with zero attached hydrogens (tertiary/aromatic N) is 2. The first-order valence-corrected chi connectivity index (χ1v) is 5.70. The number of aliphatic hydroxyl groups is 3. The zero-order valence-electron chi connectivity index (χ0n) is 10.3. The summed E-state index contributed by atoms with van der Waals surface area (Å²) in [5, 5.41) is 41.0. The quantitative estimate of drug-likeness (QED) is 0.424. The zero-order chi connectivity index (χ0) is 14.8. The summed E-state index contributed by atoms with van der Waals surface area (Å²) in [5.41, 5.74) is -1.41. The maximum atomic E-state index is 10.9. The van der Waals surface area contributed by atoms with E-state index in [-0.39, 0.29) is 22.8 Å². The molecule has 0 bridgehead atoms. The highest BCUT2D eigenvalue weighted by Gasteiger charge is 2.30. The lowest BCUT2D eigenvalue weighted by molar-refractivity contribution is -0.383. The lowest BCUT2D eigenvalue weighted by atomic mass is 10.0. The summed E-state index contributed by atoms with van der Waals surface area (Å²) in [6, 6.07) is 4.10. The molecule has 0 radical (unpaired) electrons. The van der Waals surface area contributed by atoms with Crippen LogP contribution in [0.3, 0.4) is 0 Å². The molecular formula is C11H13N3O6. The van der Waals surface area contributed by atoms with Gasteiger partial charge < -0.3 is 25.1 Å². The second-order valence-electron chi connectivity index (χ2n) is 4.28. The molecule has 4 N–H and O–H groups in total. The molecule has 0 spiro atoms. The van der Waals surface area contributed by atoms with Gasteiger partial charge >= 0.3 is 0 Å². The van der Waals surface area contributed by atoms with Crippen LogP contribution < -0.4 is 5.32 Å². The first kappa shape index (κ1) is 14.2. The Morgan fingerprint density at radius 1 is 1.30 bits per heavy atom. The number of hydrogen-bond donors (Lipinski definition) is 4. The number of aliphatic hydroxyl groups excluding tert-OH is 3. The summed E-state index contributed by atoms with van der Waals surface area (Å²) in [4.78, 5) is 14.2. The monoisotopic (exact) mass is 283 g/mol. The first-order chi connectivity index (χ1) is 9.55. The van der Waals surface area contributed by atoms with E-state index < -0.39 is 30.3 Å². The predicted molar refractivity (Wildman–Crippen MR) is 68.3 cm³/mol. The Kier molecular flexibility index (Phi) is 3.84. The molecule has 0 unspecified atom stereocenters. The van der Waals surface area contributed by atoms with Gasteiger partial charge in [-0.2, -0.15) is 4.98 Å². The van der Waals surface area contributed by atoms with Crippen LogP contribution >= 0.6 is 0 Å². The summed E-state index contributed by atoms with van der Waals surface area (Å²) >= 11 is 0. The van der Waals surface area contributed by atoms with Gasteiger partial charge in [-0.05, 0) is 6.07 Å². The lowest BCUT2D eigenvalue weighted by Gasteiger charge is -2.27. The van der Waals surface area contributed by atoms with Gasteiger partial charge in [0.25, 0.3) is 11.7 Å². The van der Waals surface area contributed by atoms with Crippen LogP contribution in [0.2, 0.25) is 0 Å². The molecule has 0 aliphatic carbocycles. The van der Waals surface area contributed by atoms with E-state index in [0.29, 0.717) is 0 Å². The van der Waals surface area contributed by atoms with Crippen LogP contribution in [0.1, 0.15) is 0 Å². The van der Waals surface area contributed by atoms with Gasteiger partial charge in [-0.15, -0.1) is 0 Å². The molecule has 0 aliphatic heterocycles. The molecule has 1 heterocycles. The molecule has 2 aromatic rings. The lowest BCUT2D eigenvalue weighted by Crippen LogP contribution is -2.49. The van der Waals surface area contributed by atoms with Gasteiger partial charge in [0.15, 0.2) is 11.1 Å². The highest BCUT2D eigenvalue weighted by atomic mass is 16.6. The summed E-state index contributed by atoms with van der Waals surface area (Å²) in [6.45, 7) is -1.71. The van der Waals surface area contributed by atoms with Crippen molar-refractivity contribution < 1.29 is 24.7 Å². The van der Waals surface area contributed by atoms with Crippen molar-refractivity contribution in [3.63, 3.8) is 0 Å². The second-order valence-corrected chi connectivity index (χ2v) is 4.28. The van der Waals surface area contributed by atoms with Gasteiger partial charge in [-0.25, -0.2) is 0 Å². The number of nitrogens with one attached hydrogen (secondary N) is 1. The third-order valence-corrected chi connectivity index (χ3v) is 2.87. The third-order valence-electron chi connectivity index (χ3n) is 2.87. The number of nitro groups is 1. The molecule has 9 nitrogen and oxygen atoms in total. The van der Waals surface area contributed by atoms with Gasteiger partial charge in [-0.3, -0.25) is 10.1 Å². The molecule has 0 atom stereocenters. The molecule has 9 heteroatoms. The Labute approximate surface area is 112 Å². The number of non-ortho nitro benzene ring substituents is 1. The second kappa shape index (κ2) is 5.41. The first-order valence-electron chi connectivity index (χ1n) is 5.70. The maximum Gasteiger partial charge on any atom is 0.298 e. The van der Waals surface area contributed by atoms with Crippen molar-refractivity contribution >= 4 is 22.8 Å². The molecule has 1 aromatic carbocycles. The smallest absolute Gasteiger partial charge is 0.298 e. The normalized spacial score (nSPS) is 11.8. The molecule has 108 valence electrons. The van der Waals surface area contributed by atoms with E-state index in [1.807, 2.05) is 0 Å². The highest BCUT2D eigenvalue weighted by molar-refractivity contribution is 5.84. The Balaban J connectivity index is 2.42. The molecule has 0 saturated heterocycles. The largest absolute Gasteiger partial charge is 0.423 e.